The summed E-state index contributed by atoms with van der Waals surface area (Å²) in [7, 11) is 2.00. The topological polar surface area (TPSA) is 24.6 Å². The number of hydrogen-bond donors (Lipinski definition) is 1. The van der Waals surface area contributed by atoms with Crippen LogP contribution in [0.25, 0.3) is 0 Å². The van der Waals surface area contributed by atoms with Crippen molar-refractivity contribution in [3.8, 4) is 0 Å². The van der Waals surface area contributed by atoms with Crippen LogP contribution in [0.4, 0.5) is 0 Å². The smallest absolute Gasteiger partial charge is 0.0996 e. The molecule has 1 N–H and O–H groups in total. The molecule has 0 aliphatic carbocycles. The first-order valence-corrected chi connectivity index (χ1v) is 4.29. The van der Waals surface area contributed by atoms with E-state index in [1.807, 2.05) is 7.05 Å². The SMILES string of the molecule is CN[C@H]([C@@H]1OC1C)C(C)(C)C. The van der Waals surface area contributed by atoms with E-state index in [0.717, 1.165) is 0 Å². The summed E-state index contributed by atoms with van der Waals surface area (Å²) in [6.45, 7) is 8.84. The minimum Gasteiger partial charge on any atom is -0.368 e. The van der Waals surface area contributed by atoms with Gasteiger partial charge in [0.05, 0.1) is 12.2 Å². The van der Waals surface area contributed by atoms with E-state index in [1.54, 1.807) is 0 Å². The second-order valence-corrected chi connectivity index (χ2v) is 4.44. The van der Waals surface area contributed by atoms with Crippen LogP contribution in [0.2, 0.25) is 0 Å². The predicted molar refractivity (Wildman–Crippen MR) is 46.6 cm³/mol. The summed E-state index contributed by atoms with van der Waals surface area (Å²) < 4.78 is 5.43. The van der Waals surface area contributed by atoms with Crippen LogP contribution in [0, 0.1) is 5.41 Å². The third-order valence-corrected chi connectivity index (χ3v) is 2.33. The van der Waals surface area contributed by atoms with Crippen LogP contribution >= 0.6 is 0 Å². The molecular weight excluding hydrogens is 138 g/mol. The monoisotopic (exact) mass is 157 g/mol. The molecule has 1 aliphatic rings. The summed E-state index contributed by atoms with van der Waals surface area (Å²) in [5.74, 6) is 0. The van der Waals surface area contributed by atoms with Gasteiger partial charge in [0.2, 0.25) is 0 Å². The minimum atomic E-state index is 0.296. The maximum atomic E-state index is 5.43. The quantitative estimate of drug-likeness (QED) is 0.613. The Labute approximate surface area is 69.3 Å². The second kappa shape index (κ2) is 2.76. The van der Waals surface area contributed by atoms with Gasteiger partial charge in [-0.15, -0.1) is 0 Å². The Hall–Kier alpha value is -0.0800. The first-order valence-electron chi connectivity index (χ1n) is 4.29. The third kappa shape index (κ3) is 1.94. The van der Waals surface area contributed by atoms with Crippen molar-refractivity contribution < 1.29 is 4.74 Å². The van der Waals surface area contributed by atoms with Crippen LogP contribution < -0.4 is 5.32 Å². The van der Waals surface area contributed by atoms with E-state index in [-0.39, 0.29) is 0 Å². The van der Waals surface area contributed by atoms with Crippen molar-refractivity contribution in [2.75, 3.05) is 7.05 Å². The number of epoxide rings is 1. The lowest BCUT2D eigenvalue weighted by Gasteiger charge is -2.29. The van der Waals surface area contributed by atoms with Gasteiger partial charge >= 0.3 is 0 Å². The number of likely N-dealkylation sites (N-methyl/N-ethyl adjacent to an activating group) is 1. The number of hydrogen-bond acceptors (Lipinski definition) is 2. The van der Waals surface area contributed by atoms with Crippen molar-refractivity contribution in [1.29, 1.82) is 0 Å². The Morgan fingerprint density at radius 1 is 1.36 bits per heavy atom. The lowest BCUT2D eigenvalue weighted by atomic mass is 9.84. The van der Waals surface area contributed by atoms with E-state index in [4.69, 9.17) is 4.74 Å². The maximum Gasteiger partial charge on any atom is 0.0996 e. The zero-order chi connectivity index (χ0) is 8.65. The maximum absolute atomic E-state index is 5.43. The lowest BCUT2D eigenvalue weighted by Crippen LogP contribution is -2.43. The summed E-state index contributed by atoms with van der Waals surface area (Å²) in [4.78, 5) is 0. The van der Waals surface area contributed by atoms with Crippen LogP contribution in [0.15, 0.2) is 0 Å². The van der Waals surface area contributed by atoms with E-state index in [9.17, 15) is 0 Å². The molecule has 2 nitrogen and oxygen atoms in total. The highest BCUT2D eigenvalue weighted by molar-refractivity contribution is 4.97. The van der Waals surface area contributed by atoms with Gasteiger partial charge in [0.25, 0.3) is 0 Å². The highest BCUT2D eigenvalue weighted by Gasteiger charge is 2.45. The Morgan fingerprint density at radius 2 is 1.82 bits per heavy atom. The van der Waals surface area contributed by atoms with E-state index in [1.165, 1.54) is 0 Å². The van der Waals surface area contributed by atoms with Crippen LogP contribution in [-0.4, -0.2) is 25.3 Å². The van der Waals surface area contributed by atoms with Gasteiger partial charge < -0.3 is 10.1 Å². The van der Waals surface area contributed by atoms with E-state index < -0.39 is 0 Å². The molecule has 0 amide bonds. The molecule has 0 spiro atoms. The van der Waals surface area contributed by atoms with Crippen molar-refractivity contribution in [2.24, 2.45) is 5.41 Å². The molecule has 11 heavy (non-hydrogen) atoms. The summed E-state index contributed by atoms with van der Waals surface area (Å²) in [5.41, 5.74) is 0.296. The zero-order valence-corrected chi connectivity index (χ0v) is 8.14. The van der Waals surface area contributed by atoms with Gasteiger partial charge in [0.1, 0.15) is 0 Å². The number of ether oxygens (including phenoxy) is 1. The number of rotatable bonds is 2. The van der Waals surface area contributed by atoms with Crippen LogP contribution in [0.1, 0.15) is 27.7 Å². The van der Waals surface area contributed by atoms with Gasteiger partial charge in [0, 0.05) is 6.04 Å². The van der Waals surface area contributed by atoms with Crippen molar-refractivity contribution in [3.63, 3.8) is 0 Å². The third-order valence-electron chi connectivity index (χ3n) is 2.33. The van der Waals surface area contributed by atoms with Crippen molar-refractivity contribution in [3.05, 3.63) is 0 Å². The van der Waals surface area contributed by atoms with Gasteiger partial charge in [-0.3, -0.25) is 0 Å². The van der Waals surface area contributed by atoms with Crippen molar-refractivity contribution >= 4 is 0 Å². The van der Waals surface area contributed by atoms with Gasteiger partial charge in [-0.25, -0.2) is 0 Å². The zero-order valence-electron chi connectivity index (χ0n) is 8.14. The van der Waals surface area contributed by atoms with Gasteiger partial charge in [-0.05, 0) is 19.4 Å². The fraction of sp³-hybridized carbons (Fsp3) is 1.00. The van der Waals surface area contributed by atoms with Crippen LogP contribution in [0.5, 0.6) is 0 Å². The molecule has 1 aliphatic heterocycles. The van der Waals surface area contributed by atoms with Crippen LogP contribution in [0.3, 0.4) is 0 Å². The molecule has 1 rings (SSSR count). The average molecular weight is 157 g/mol. The summed E-state index contributed by atoms with van der Waals surface area (Å²) in [5, 5.41) is 3.31. The molecule has 1 saturated heterocycles. The first kappa shape index (κ1) is 9.01. The second-order valence-electron chi connectivity index (χ2n) is 4.44. The first-order chi connectivity index (χ1) is 4.96. The molecule has 1 heterocycles. The Morgan fingerprint density at radius 3 is 1.91 bits per heavy atom. The predicted octanol–water partition coefficient (Wildman–Crippen LogP) is 1.41. The molecule has 1 fully saturated rings. The molecule has 2 heteroatoms. The Kier molecular flexibility index (Phi) is 2.26. The standard InChI is InChI=1S/C9H19NO/c1-6-7(11-6)8(10-5)9(2,3)4/h6-8,10H,1-5H3/t6?,7-,8-/m1/s1. The fourth-order valence-corrected chi connectivity index (χ4v) is 1.64. The average Bonchev–Trinajstić information content (AvgIpc) is 2.45. The van der Waals surface area contributed by atoms with E-state index in [0.29, 0.717) is 23.7 Å². The molecule has 66 valence electrons. The molecule has 0 aromatic heterocycles. The summed E-state index contributed by atoms with van der Waals surface area (Å²) >= 11 is 0. The van der Waals surface area contributed by atoms with E-state index in [2.05, 4.69) is 33.0 Å². The fourth-order valence-electron chi connectivity index (χ4n) is 1.64. The normalized spacial score (nSPS) is 33.5. The lowest BCUT2D eigenvalue weighted by molar-refractivity contribution is 0.222. The van der Waals surface area contributed by atoms with Gasteiger partial charge in [0.15, 0.2) is 0 Å². The molecule has 1 unspecified atom stereocenters. The molecule has 0 bridgehead atoms. The molecule has 0 aromatic rings. The van der Waals surface area contributed by atoms with Gasteiger partial charge in [-0.1, -0.05) is 20.8 Å². The van der Waals surface area contributed by atoms with E-state index >= 15 is 0 Å². The summed E-state index contributed by atoms with van der Waals surface area (Å²) in [6.07, 6.45) is 0.881. The van der Waals surface area contributed by atoms with Gasteiger partial charge in [-0.2, -0.15) is 0 Å². The molecule has 3 atom stereocenters. The highest BCUT2D eigenvalue weighted by Crippen LogP contribution is 2.33. The number of nitrogens with one attached hydrogen (secondary N) is 1. The largest absolute Gasteiger partial charge is 0.368 e. The molecule has 0 aromatic carbocycles. The van der Waals surface area contributed by atoms with Crippen LogP contribution in [-0.2, 0) is 4.74 Å². The Bertz CT molecular complexity index is 139. The summed E-state index contributed by atoms with van der Waals surface area (Å²) in [6, 6.07) is 0.484. The molecular formula is C9H19NO. The highest BCUT2D eigenvalue weighted by atomic mass is 16.6. The Balaban J connectivity index is 2.51. The molecule has 0 radical (unpaired) electrons. The van der Waals surface area contributed by atoms with Crippen molar-refractivity contribution in [1.82, 2.24) is 5.32 Å². The van der Waals surface area contributed by atoms with Crippen molar-refractivity contribution in [2.45, 2.75) is 45.9 Å². The molecule has 0 saturated carbocycles. The minimum absolute atomic E-state index is 0.296.